The molecule has 0 fully saturated rings. The second-order valence-corrected chi connectivity index (χ2v) is 2.68. The second kappa shape index (κ2) is 12.5. The fraction of sp³-hybridized carbons (Fsp3) is 0. The largest absolute Gasteiger partial charge is 4.00 e. The molecule has 0 saturated heterocycles. The van der Waals surface area contributed by atoms with E-state index in [0.29, 0.717) is 0 Å². The van der Waals surface area contributed by atoms with Crippen molar-refractivity contribution in [3.63, 3.8) is 0 Å². The van der Waals surface area contributed by atoms with E-state index >= 15 is 0 Å². The summed E-state index contributed by atoms with van der Waals surface area (Å²) in [7, 11) is -10.8. The molecule has 0 saturated carbocycles. The third-order valence-electron chi connectivity index (χ3n) is 0. The SMILES string of the molecule is O=P([O-])([O-])[O-].O=P([O-])([O-])[O-].[Ag+].[Ag+].[Ti+4]. The van der Waals surface area contributed by atoms with Crippen LogP contribution in [-0.4, -0.2) is 0 Å². The molecule has 13 heteroatoms. The van der Waals surface area contributed by atoms with Gasteiger partial charge in [0.2, 0.25) is 0 Å². The van der Waals surface area contributed by atoms with Crippen LogP contribution >= 0.6 is 15.6 Å². The van der Waals surface area contributed by atoms with E-state index in [1.54, 1.807) is 0 Å². The first-order chi connectivity index (χ1) is 4.00. The van der Waals surface area contributed by atoms with E-state index in [1.807, 2.05) is 0 Å². The Balaban J connectivity index is -0.0000000267. The van der Waals surface area contributed by atoms with Gasteiger partial charge in [-0.3, -0.25) is 0 Å². The van der Waals surface area contributed by atoms with Gasteiger partial charge in [-0.2, -0.15) is 15.6 Å². The zero-order valence-electron chi connectivity index (χ0n) is 5.26. The van der Waals surface area contributed by atoms with Gasteiger partial charge < -0.3 is 38.5 Å². The number of hydrogen-bond donors (Lipinski definition) is 0. The maximum Gasteiger partial charge on any atom is 4.00 e. The van der Waals surface area contributed by atoms with Crippen LogP contribution in [0, 0.1) is 0 Å². The summed E-state index contributed by atoms with van der Waals surface area (Å²) < 4.78 is 17.1. The Morgan fingerprint density at radius 2 is 0.615 bits per heavy atom. The van der Waals surface area contributed by atoms with Gasteiger partial charge in [0.25, 0.3) is 0 Å². The van der Waals surface area contributed by atoms with Crippen LogP contribution in [0.5, 0.6) is 0 Å². The summed E-state index contributed by atoms with van der Waals surface area (Å²) in [6.07, 6.45) is 0. The molecule has 0 radical (unpaired) electrons. The molecular weight excluding hydrogens is 454 g/mol. The smallest absolute Gasteiger partial charge is 0.822 e. The number of phosphoric acid groups is 2. The van der Waals surface area contributed by atoms with Crippen LogP contribution in [0.25, 0.3) is 0 Å². The summed E-state index contributed by atoms with van der Waals surface area (Å²) in [5, 5.41) is 0. The van der Waals surface area contributed by atoms with Crippen LogP contribution in [0.3, 0.4) is 0 Å². The minimum Gasteiger partial charge on any atom is -0.822 e. The molecule has 0 aromatic heterocycles. The average Bonchev–Trinajstić information content (AvgIpc) is 1.12. The summed E-state index contributed by atoms with van der Waals surface area (Å²) >= 11 is 0. The van der Waals surface area contributed by atoms with E-state index < -0.39 is 15.6 Å². The van der Waals surface area contributed by atoms with Crippen LogP contribution in [0.15, 0.2) is 0 Å². The Morgan fingerprint density at radius 1 is 0.615 bits per heavy atom. The van der Waals surface area contributed by atoms with Gasteiger partial charge in [-0.25, -0.2) is 0 Å². The van der Waals surface area contributed by atoms with E-state index in [4.69, 9.17) is 38.5 Å². The molecule has 13 heavy (non-hydrogen) atoms. The first kappa shape index (κ1) is 29.5. The maximum absolute atomic E-state index is 8.55. The van der Waals surface area contributed by atoms with Gasteiger partial charge >= 0.3 is 66.5 Å². The zero-order chi connectivity index (χ0) is 9.00. The van der Waals surface area contributed by atoms with Crippen molar-refractivity contribution in [2.45, 2.75) is 0 Å². The Bertz CT molecular complexity index is 132. The van der Waals surface area contributed by atoms with Gasteiger partial charge in [0.15, 0.2) is 0 Å². The first-order valence-corrected chi connectivity index (χ1v) is 4.38. The third-order valence-corrected chi connectivity index (χ3v) is 0. The minimum absolute atomic E-state index is 0. The topological polar surface area (TPSA) is 172 Å². The van der Waals surface area contributed by atoms with Crippen LogP contribution in [0.4, 0.5) is 0 Å². The molecule has 0 bridgehead atoms. The molecule has 0 aromatic rings. The Kier molecular flexibility index (Phi) is 28.4. The Morgan fingerprint density at radius 3 is 0.615 bits per heavy atom. The fourth-order valence-electron chi connectivity index (χ4n) is 0. The van der Waals surface area contributed by atoms with E-state index in [-0.39, 0.29) is 66.5 Å². The average molecular weight is 454 g/mol. The molecule has 0 amide bonds. The molecule has 0 heterocycles. The molecule has 84 valence electrons. The summed E-state index contributed by atoms with van der Waals surface area (Å²) in [6, 6.07) is 0. The maximum atomic E-state index is 8.55. The van der Waals surface area contributed by atoms with Crippen LogP contribution < -0.4 is 29.4 Å². The standard InChI is InChI=1S/2Ag.2H3O4P.Ti/c;;2*1-5(2,3)4;/h;;2*(H3,1,2,3,4);/q2*+1;;;+4/p-6. The van der Waals surface area contributed by atoms with Crippen molar-refractivity contribution in [3.05, 3.63) is 0 Å². The number of rotatable bonds is 0. The summed E-state index contributed by atoms with van der Waals surface area (Å²) in [6.45, 7) is 0. The van der Waals surface area contributed by atoms with Gasteiger partial charge in [0.1, 0.15) is 0 Å². The molecule has 0 aliphatic heterocycles. The van der Waals surface area contributed by atoms with Crippen molar-refractivity contribution < 1.29 is 105 Å². The summed E-state index contributed by atoms with van der Waals surface area (Å²) in [5.41, 5.74) is 0. The molecule has 0 N–H and O–H groups in total. The van der Waals surface area contributed by atoms with Crippen molar-refractivity contribution >= 4 is 15.6 Å². The fourth-order valence-corrected chi connectivity index (χ4v) is 0. The summed E-state index contributed by atoms with van der Waals surface area (Å²) in [5.74, 6) is 0. The molecule has 0 unspecified atom stereocenters. The molecule has 0 aliphatic rings. The third kappa shape index (κ3) is 381. The van der Waals surface area contributed by atoms with Crippen molar-refractivity contribution in [3.8, 4) is 0 Å². The van der Waals surface area contributed by atoms with Crippen molar-refractivity contribution in [1.82, 2.24) is 0 Å². The van der Waals surface area contributed by atoms with Gasteiger partial charge in [-0.15, -0.1) is 0 Å². The zero-order valence-corrected chi connectivity index (χ0v) is 11.6. The molecule has 0 spiro atoms. The molecular formula is Ag2O8P2Ti. The quantitative estimate of drug-likeness (QED) is 0.258. The molecule has 0 atom stereocenters. The Hall–Kier alpha value is 2.41. The molecule has 8 nitrogen and oxygen atoms in total. The van der Waals surface area contributed by atoms with Crippen LogP contribution in [-0.2, 0) is 75.6 Å². The van der Waals surface area contributed by atoms with Crippen molar-refractivity contribution in [1.29, 1.82) is 0 Å². The van der Waals surface area contributed by atoms with Crippen LogP contribution in [0.1, 0.15) is 0 Å². The minimum atomic E-state index is -5.39. The molecule has 0 aromatic carbocycles. The normalized spacial score (nSPS) is 9.08. The Labute approximate surface area is 120 Å². The first-order valence-electron chi connectivity index (χ1n) is 1.46. The van der Waals surface area contributed by atoms with Gasteiger partial charge in [0, 0.05) is 0 Å². The monoisotopic (exact) mass is 452 g/mol. The van der Waals surface area contributed by atoms with E-state index in [2.05, 4.69) is 0 Å². The summed E-state index contributed by atoms with van der Waals surface area (Å²) in [4.78, 5) is 51.3. The van der Waals surface area contributed by atoms with E-state index in [0.717, 1.165) is 0 Å². The van der Waals surface area contributed by atoms with Crippen molar-refractivity contribution in [2.75, 3.05) is 0 Å². The van der Waals surface area contributed by atoms with Gasteiger partial charge in [0.05, 0.1) is 0 Å². The van der Waals surface area contributed by atoms with Gasteiger partial charge in [-0.05, 0) is 0 Å². The molecule has 0 rings (SSSR count). The van der Waals surface area contributed by atoms with E-state index in [9.17, 15) is 0 Å². The van der Waals surface area contributed by atoms with Crippen molar-refractivity contribution in [2.24, 2.45) is 0 Å². The van der Waals surface area contributed by atoms with E-state index in [1.165, 1.54) is 0 Å². The molecule has 0 aliphatic carbocycles. The predicted octanol–water partition coefficient (Wildman–Crippen LogP) is -5.66. The number of hydrogen-bond acceptors (Lipinski definition) is 8. The second-order valence-electron chi connectivity index (χ2n) is 0.894. The van der Waals surface area contributed by atoms with Crippen LogP contribution in [0.2, 0.25) is 0 Å². The predicted molar refractivity (Wildman–Crippen MR) is 15.2 cm³/mol. The van der Waals surface area contributed by atoms with Gasteiger partial charge in [-0.1, -0.05) is 0 Å².